The second kappa shape index (κ2) is 4.59. The van der Waals surface area contributed by atoms with Gasteiger partial charge in [-0.3, -0.25) is 0 Å². The van der Waals surface area contributed by atoms with E-state index in [9.17, 15) is 2.69 Å². The van der Waals surface area contributed by atoms with Gasteiger partial charge < -0.3 is 0 Å². The molecular formula is C12H10OPb. The fourth-order valence-corrected chi connectivity index (χ4v) is 6.49. The van der Waals surface area contributed by atoms with E-state index in [1.807, 2.05) is 60.7 Å². The zero-order valence-electron chi connectivity index (χ0n) is 7.68. The number of hydrogen-bond acceptors (Lipinski definition) is 1. The van der Waals surface area contributed by atoms with E-state index >= 15 is 0 Å². The van der Waals surface area contributed by atoms with E-state index in [0.29, 0.717) is 0 Å². The normalized spacial score (nSPS) is 9.71. The van der Waals surface area contributed by atoms with Crippen molar-refractivity contribution in [3.63, 3.8) is 0 Å². The van der Waals surface area contributed by atoms with Crippen LogP contribution in [0.3, 0.4) is 0 Å². The van der Waals surface area contributed by atoms with Crippen LogP contribution < -0.4 is 6.25 Å². The first-order chi connectivity index (χ1) is 6.88. The van der Waals surface area contributed by atoms with Gasteiger partial charge in [-0.1, -0.05) is 0 Å². The molecule has 0 spiro atoms. The second-order valence-corrected chi connectivity index (χ2v) is 10.1. The molecule has 68 valence electrons. The zero-order chi connectivity index (χ0) is 9.80. The van der Waals surface area contributed by atoms with Gasteiger partial charge in [0.2, 0.25) is 0 Å². The molecule has 2 aromatic carbocycles. The summed E-state index contributed by atoms with van der Waals surface area (Å²) in [6.45, 7) is 0. The van der Waals surface area contributed by atoms with Gasteiger partial charge in [0.05, 0.1) is 0 Å². The Hall–Kier alpha value is -0.838. The summed E-state index contributed by atoms with van der Waals surface area (Å²) in [6.07, 6.45) is 0. The van der Waals surface area contributed by atoms with Crippen molar-refractivity contribution in [1.29, 1.82) is 0 Å². The molecule has 0 saturated carbocycles. The molecule has 0 bridgehead atoms. The summed E-state index contributed by atoms with van der Waals surface area (Å²) < 4.78 is 14.2. The minimum absolute atomic E-state index is 1.03. The molecule has 0 amide bonds. The van der Waals surface area contributed by atoms with Crippen LogP contribution in [0.2, 0.25) is 0 Å². The van der Waals surface area contributed by atoms with Gasteiger partial charge in [-0.15, -0.1) is 0 Å². The van der Waals surface area contributed by atoms with Crippen LogP contribution in [-0.4, -0.2) is 22.7 Å². The van der Waals surface area contributed by atoms with Crippen LogP contribution >= 0.6 is 0 Å². The Balaban J connectivity index is 2.35. The van der Waals surface area contributed by atoms with Crippen molar-refractivity contribution in [3.8, 4) is 0 Å². The van der Waals surface area contributed by atoms with Gasteiger partial charge in [-0.05, 0) is 0 Å². The van der Waals surface area contributed by atoms with Crippen LogP contribution in [0.15, 0.2) is 60.7 Å². The maximum absolute atomic E-state index is 12.1. The molecule has 1 nitrogen and oxygen atoms in total. The van der Waals surface area contributed by atoms with Gasteiger partial charge in [0, 0.05) is 0 Å². The van der Waals surface area contributed by atoms with Crippen molar-refractivity contribution >= 4 is 29.0 Å². The fraction of sp³-hybridized carbons (Fsp3) is 0. The zero-order valence-corrected chi connectivity index (χ0v) is 11.6. The SMILES string of the molecule is [O]=[Pb]([c]1ccccc1)[c]1ccccc1. The fourth-order valence-electron chi connectivity index (χ4n) is 1.35. The molecule has 2 heteroatoms. The van der Waals surface area contributed by atoms with Crippen LogP contribution in [0.1, 0.15) is 0 Å². The third kappa shape index (κ3) is 2.15. The quantitative estimate of drug-likeness (QED) is 0.720. The van der Waals surface area contributed by atoms with Crippen molar-refractivity contribution in [1.82, 2.24) is 0 Å². The molecule has 0 N–H and O–H groups in total. The van der Waals surface area contributed by atoms with E-state index in [-0.39, 0.29) is 0 Å². The van der Waals surface area contributed by atoms with E-state index < -0.39 is 22.7 Å². The molecule has 0 heterocycles. The average molecular weight is 377 g/mol. The first-order valence-electron chi connectivity index (χ1n) is 4.53. The topological polar surface area (TPSA) is 17.1 Å². The van der Waals surface area contributed by atoms with Gasteiger partial charge in [0.25, 0.3) is 0 Å². The van der Waals surface area contributed by atoms with Gasteiger partial charge >= 0.3 is 92.3 Å². The standard InChI is InChI=1S/2C6H5.O.Pb/c2*1-2-4-6-5-3-1;;/h2*1-5H;;. The molecule has 2 rings (SSSR count). The van der Waals surface area contributed by atoms with Crippen LogP contribution in [0.5, 0.6) is 0 Å². The van der Waals surface area contributed by atoms with E-state index in [0.717, 1.165) is 6.25 Å². The van der Waals surface area contributed by atoms with E-state index in [2.05, 4.69) is 0 Å². The Morgan fingerprint density at radius 2 is 1.00 bits per heavy atom. The summed E-state index contributed by atoms with van der Waals surface area (Å²) in [6, 6.07) is 19.5. The van der Waals surface area contributed by atoms with Gasteiger partial charge in [-0.2, -0.15) is 0 Å². The third-order valence-corrected chi connectivity index (χ3v) is 8.74. The Bertz CT molecular complexity index is 381. The Labute approximate surface area is 92.0 Å². The van der Waals surface area contributed by atoms with Gasteiger partial charge in [0.15, 0.2) is 0 Å². The first-order valence-corrected chi connectivity index (χ1v) is 10.0. The molecule has 0 unspecified atom stereocenters. The van der Waals surface area contributed by atoms with Gasteiger partial charge in [-0.25, -0.2) is 0 Å². The molecule has 2 aromatic rings. The summed E-state index contributed by atoms with van der Waals surface area (Å²) >= 11 is -2.92. The third-order valence-electron chi connectivity index (χ3n) is 2.07. The monoisotopic (exact) mass is 378 g/mol. The Morgan fingerprint density at radius 3 is 1.36 bits per heavy atom. The molecule has 0 aliphatic rings. The summed E-state index contributed by atoms with van der Waals surface area (Å²) in [5, 5.41) is 0. The van der Waals surface area contributed by atoms with Crippen molar-refractivity contribution in [2.24, 2.45) is 0 Å². The molecule has 0 radical (unpaired) electrons. The predicted octanol–water partition coefficient (Wildman–Crippen LogP) is 1.22. The van der Waals surface area contributed by atoms with Gasteiger partial charge in [0.1, 0.15) is 0 Å². The van der Waals surface area contributed by atoms with E-state index in [4.69, 9.17) is 0 Å². The maximum atomic E-state index is 12.1. The molecular weight excluding hydrogens is 367 g/mol. The Kier molecular flexibility index (Phi) is 3.19. The average Bonchev–Trinajstić information content (AvgIpc) is 2.30. The summed E-state index contributed by atoms with van der Waals surface area (Å²) in [5.41, 5.74) is 0. The van der Waals surface area contributed by atoms with Crippen LogP contribution in [0, 0.1) is 0 Å². The number of rotatable bonds is 2. The van der Waals surface area contributed by atoms with E-state index in [1.165, 1.54) is 0 Å². The van der Waals surface area contributed by atoms with Crippen molar-refractivity contribution in [3.05, 3.63) is 60.7 Å². The van der Waals surface area contributed by atoms with Crippen molar-refractivity contribution in [2.45, 2.75) is 0 Å². The number of benzene rings is 2. The predicted molar refractivity (Wildman–Crippen MR) is 58.6 cm³/mol. The van der Waals surface area contributed by atoms with E-state index in [1.54, 1.807) is 0 Å². The second-order valence-electron chi connectivity index (χ2n) is 3.06. The molecule has 0 fully saturated rings. The summed E-state index contributed by atoms with van der Waals surface area (Å²) in [7, 11) is 0. The molecule has 0 aliphatic carbocycles. The molecule has 0 aromatic heterocycles. The molecule has 0 saturated heterocycles. The minimum atomic E-state index is -2.92. The number of hydrogen-bond donors (Lipinski definition) is 0. The van der Waals surface area contributed by atoms with Crippen molar-refractivity contribution < 1.29 is 2.69 Å². The Morgan fingerprint density at radius 1 is 0.643 bits per heavy atom. The molecule has 0 aliphatic heterocycles. The molecule has 14 heavy (non-hydrogen) atoms. The van der Waals surface area contributed by atoms with Crippen LogP contribution in [0.25, 0.3) is 0 Å². The molecule has 0 atom stereocenters. The van der Waals surface area contributed by atoms with Crippen LogP contribution in [0.4, 0.5) is 0 Å². The van der Waals surface area contributed by atoms with Crippen LogP contribution in [-0.2, 0) is 2.69 Å². The summed E-state index contributed by atoms with van der Waals surface area (Å²) in [4.78, 5) is 0. The first kappa shape index (κ1) is 9.71. The summed E-state index contributed by atoms with van der Waals surface area (Å²) in [5.74, 6) is 0. The van der Waals surface area contributed by atoms with Crippen molar-refractivity contribution in [2.75, 3.05) is 0 Å².